The smallest absolute Gasteiger partial charge is 0.163 e. The third-order valence-electron chi connectivity index (χ3n) is 3.71. The Labute approximate surface area is 163 Å². The Balaban J connectivity index is 1.57. The third-order valence-corrected chi connectivity index (χ3v) is 7.30. The fourth-order valence-corrected chi connectivity index (χ4v) is 5.73. The Hall–Kier alpha value is -1.67. The van der Waals surface area contributed by atoms with Gasteiger partial charge in [-0.2, -0.15) is 0 Å². The summed E-state index contributed by atoms with van der Waals surface area (Å²) in [6.07, 6.45) is 1.90. The van der Waals surface area contributed by atoms with E-state index in [4.69, 9.17) is 12.2 Å². The van der Waals surface area contributed by atoms with Gasteiger partial charge in [0.15, 0.2) is 8.29 Å². The van der Waals surface area contributed by atoms with Crippen LogP contribution < -0.4 is 5.32 Å². The fourth-order valence-electron chi connectivity index (χ4n) is 2.54. The number of thiazole rings is 2. The van der Waals surface area contributed by atoms with E-state index in [-0.39, 0.29) is 0 Å². The molecular formula is C18H15N3S4. The Kier molecular flexibility index (Phi) is 4.89. The molecule has 2 heterocycles. The van der Waals surface area contributed by atoms with Crippen LogP contribution in [0.3, 0.4) is 0 Å². The minimum Gasteiger partial charge on any atom is -0.367 e. The van der Waals surface area contributed by atoms with Crippen molar-refractivity contribution >= 4 is 72.8 Å². The molecule has 0 saturated carbocycles. The van der Waals surface area contributed by atoms with Crippen LogP contribution in [-0.2, 0) is 6.67 Å². The van der Waals surface area contributed by atoms with Gasteiger partial charge in [0.2, 0.25) is 0 Å². The monoisotopic (exact) mass is 401 g/mol. The van der Waals surface area contributed by atoms with Crippen LogP contribution in [-0.4, -0.2) is 15.3 Å². The molecule has 2 aromatic carbocycles. The Morgan fingerprint density at radius 2 is 2.08 bits per heavy atom. The van der Waals surface area contributed by atoms with Crippen LogP contribution in [0.1, 0.15) is 0 Å². The van der Waals surface area contributed by atoms with Gasteiger partial charge in [-0.3, -0.25) is 0 Å². The summed E-state index contributed by atoms with van der Waals surface area (Å²) in [5.41, 5.74) is 3.29. The highest BCUT2D eigenvalue weighted by atomic mass is 32.2. The molecule has 0 atom stereocenters. The van der Waals surface area contributed by atoms with E-state index in [1.807, 2.05) is 18.2 Å². The van der Waals surface area contributed by atoms with Gasteiger partial charge < -0.3 is 9.88 Å². The number of anilines is 1. The molecule has 126 valence electrons. The number of para-hydroxylation sites is 1. The highest BCUT2D eigenvalue weighted by molar-refractivity contribution is 8.01. The number of rotatable bonds is 6. The molecule has 0 saturated heterocycles. The van der Waals surface area contributed by atoms with Crippen molar-refractivity contribution in [2.24, 2.45) is 0 Å². The number of hydrogen-bond acceptors (Lipinski definition) is 6. The lowest BCUT2D eigenvalue weighted by atomic mass is 10.3. The van der Waals surface area contributed by atoms with Crippen LogP contribution >= 0.6 is 46.7 Å². The fraction of sp³-hybridized carbons (Fsp3) is 0.111. The number of nitrogens with one attached hydrogen (secondary N) is 1. The summed E-state index contributed by atoms with van der Waals surface area (Å²) >= 11 is 10.6. The minimum atomic E-state index is 0.658. The first kappa shape index (κ1) is 16.8. The molecule has 2 aromatic heterocycles. The van der Waals surface area contributed by atoms with E-state index in [2.05, 4.69) is 51.8 Å². The SMILES string of the molecule is C=CCSc1nc2ccc(NCn3c(=S)sc4ccccc43)cc2s1. The molecule has 0 bridgehead atoms. The molecule has 25 heavy (non-hydrogen) atoms. The highest BCUT2D eigenvalue weighted by Gasteiger charge is 2.07. The first-order chi connectivity index (χ1) is 12.2. The largest absolute Gasteiger partial charge is 0.367 e. The van der Waals surface area contributed by atoms with Gasteiger partial charge in [0.1, 0.15) is 0 Å². The maximum Gasteiger partial charge on any atom is 0.163 e. The zero-order chi connectivity index (χ0) is 17.2. The van der Waals surface area contributed by atoms with Crippen LogP contribution in [0.15, 0.2) is 59.5 Å². The van der Waals surface area contributed by atoms with Gasteiger partial charge in [0.05, 0.1) is 27.1 Å². The van der Waals surface area contributed by atoms with Crippen LogP contribution in [0.4, 0.5) is 5.69 Å². The first-order valence-electron chi connectivity index (χ1n) is 7.71. The highest BCUT2D eigenvalue weighted by Crippen LogP contribution is 2.31. The summed E-state index contributed by atoms with van der Waals surface area (Å²) in [6, 6.07) is 14.6. The van der Waals surface area contributed by atoms with Gasteiger partial charge in [-0.05, 0) is 42.5 Å². The number of nitrogens with zero attached hydrogens (tertiary/aromatic N) is 2. The molecule has 0 spiro atoms. The summed E-state index contributed by atoms with van der Waals surface area (Å²) in [5.74, 6) is 0.883. The molecule has 0 aliphatic rings. The molecule has 0 fully saturated rings. The van der Waals surface area contributed by atoms with Gasteiger partial charge in [-0.15, -0.1) is 29.3 Å². The van der Waals surface area contributed by atoms with Crippen LogP contribution in [0, 0.1) is 3.95 Å². The van der Waals surface area contributed by atoms with E-state index < -0.39 is 0 Å². The molecule has 0 amide bonds. The van der Waals surface area contributed by atoms with Crippen molar-refractivity contribution in [2.45, 2.75) is 11.0 Å². The lowest BCUT2D eigenvalue weighted by molar-refractivity contribution is 0.808. The number of thioether (sulfide) groups is 1. The first-order valence-corrected chi connectivity index (χ1v) is 10.7. The molecule has 0 aliphatic carbocycles. The van der Waals surface area contributed by atoms with Crippen LogP contribution in [0.25, 0.3) is 20.4 Å². The van der Waals surface area contributed by atoms with E-state index in [0.29, 0.717) is 6.67 Å². The Bertz CT molecular complexity index is 1110. The molecular weight excluding hydrogens is 386 g/mol. The summed E-state index contributed by atoms with van der Waals surface area (Å²) in [5, 5.41) is 3.48. The van der Waals surface area contributed by atoms with Crippen molar-refractivity contribution in [3.8, 4) is 0 Å². The maximum atomic E-state index is 5.51. The van der Waals surface area contributed by atoms with E-state index >= 15 is 0 Å². The Morgan fingerprint density at radius 3 is 2.96 bits per heavy atom. The van der Waals surface area contributed by atoms with Crippen molar-refractivity contribution in [3.63, 3.8) is 0 Å². The molecule has 0 radical (unpaired) electrons. The van der Waals surface area contributed by atoms with Crippen molar-refractivity contribution in [3.05, 3.63) is 59.1 Å². The minimum absolute atomic E-state index is 0.658. The average molecular weight is 402 g/mol. The quantitative estimate of drug-likeness (QED) is 0.230. The molecule has 1 N–H and O–H groups in total. The topological polar surface area (TPSA) is 29.9 Å². The van der Waals surface area contributed by atoms with Gasteiger partial charge in [0, 0.05) is 11.4 Å². The standard InChI is InChI=1S/C18H15N3S4/c1-2-9-23-17-20-13-8-7-12(10-16(13)24-17)19-11-21-14-5-3-4-6-15(14)25-18(21)22/h2-8,10,19H,1,9,11H2. The zero-order valence-electron chi connectivity index (χ0n) is 13.3. The van der Waals surface area contributed by atoms with E-state index in [1.54, 1.807) is 34.4 Å². The van der Waals surface area contributed by atoms with E-state index in [0.717, 1.165) is 25.3 Å². The maximum absolute atomic E-state index is 5.51. The van der Waals surface area contributed by atoms with Crippen molar-refractivity contribution < 1.29 is 0 Å². The molecule has 7 heteroatoms. The number of benzene rings is 2. The van der Waals surface area contributed by atoms with Crippen LogP contribution in [0.5, 0.6) is 0 Å². The number of fused-ring (bicyclic) bond motifs is 2. The normalized spacial score (nSPS) is 11.2. The van der Waals surface area contributed by atoms with Gasteiger partial charge in [-0.25, -0.2) is 4.98 Å². The number of hydrogen-bond donors (Lipinski definition) is 1. The van der Waals surface area contributed by atoms with Gasteiger partial charge >= 0.3 is 0 Å². The lowest BCUT2D eigenvalue weighted by Gasteiger charge is -2.08. The molecule has 0 unspecified atom stereocenters. The number of aromatic nitrogens is 2. The summed E-state index contributed by atoms with van der Waals surface area (Å²) in [6.45, 7) is 4.42. The molecule has 0 aliphatic heterocycles. The van der Waals surface area contributed by atoms with Crippen molar-refractivity contribution in [1.29, 1.82) is 0 Å². The van der Waals surface area contributed by atoms with E-state index in [1.165, 1.54) is 14.9 Å². The predicted molar refractivity (Wildman–Crippen MR) is 115 cm³/mol. The van der Waals surface area contributed by atoms with Crippen molar-refractivity contribution in [1.82, 2.24) is 9.55 Å². The molecule has 4 aromatic rings. The second-order valence-electron chi connectivity index (χ2n) is 5.36. The van der Waals surface area contributed by atoms with Crippen molar-refractivity contribution in [2.75, 3.05) is 11.1 Å². The summed E-state index contributed by atoms with van der Waals surface area (Å²) in [7, 11) is 0. The summed E-state index contributed by atoms with van der Waals surface area (Å²) < 4.78 is 6.51. The summed E-state index contributed by atoms with van der Waals surface area (Å²) in [4.78, 5) is 4.64. The second-order valence-corrected chi connectivity index (χ2v) is 9.33. The van der Waals surface area contributed by atoms with Crippen LogP contribution in [0.2, 0.25) is 0 Å². The van der Waals surface area contributed by atoms with Gasteiger partial charge in [-0.1, -0.05) is 30.0 Å². The molecule has 3 nitrogen and oxygen atoms in total. The van der Waals surface area contributed by atoms with Gasteiger partial charge in [0.25, 0.3) is 0 Å². The average Bonchev–Trinajstić information content (AvgIpc) is 3.17. The van der Waals surface area contributed by atoms with E-state index in [9.17, 15) is 0 Å². The lowest BCUT2D eigenvalue weighted by Crippen LogP contribution is -2.07. The molecule has 4 rings (SSSR count). The zero-order valence-corrected chi connectivity index (χ0v) is 16.5. The third kappa shape index (κ3) is 3.50. The Morgan fingerprint density at radius 1 is 1.20 bits per heavy atom. The predicted octanol–water partition coefficient (Wildman–Crippen LogP) is 6.39. The second kappa shape index (κ2) is 7.29.